The third kappa shape index (κ3) is 7.02. The minimum Gasteiger partial charge on any atom is -0.460 e. The van der Waals surface area contributed by atoms with E-state index >= 15 is 0 Å². The number of carbonyl (C=O) groups excluding carboxylic acids is 4. The van der Waals surface area contributed by atoms with Gasteiger partial charge < -0.3 is 29.7 Å². The van der Waals surface area contributed by atoms with Crippen LogP contribution >= 0.6 is 0 Å². The Morgan fingerprint density at radius 3 is 2.56 bits per heavy atom. The monoisotopic (exact) mass is 575 g/mol. The number of fused-ring (bicyclic) bond motifs is 1. The molecule has 0 aromatic rings. The van der Waals surface area contributed by atoms with Gasteiger partial charge in [-0.2, -0.15) is 0 Å². The molecule has 2 bridgehead atoms. The van der Waals surface area contributed by atoms with E-state index in [0.717, 1.165) is 12.8 Å². The van der Waals surface area contributed by atoms with Gasteiger partial charge in [0.1, 0.15) is 17.7 Å². The molecular weight excluding hydrogens is 526 g/mol. The standard InChI is InChI=1S/C31H49N3O7/c1-7-9-14-23(36)32-20-21(3)40-29(39)24-22-15-16-31(41-22)25(24)27(37)33(18-12-10-11-13-19-35)26(31)28(38)34(17-8-2)30(4,5)6/h7-8,21-22,24-26,35H,1-2,9-20H2,3-6H3,(H,32,36)/t21-,22+,24-,25-,26+,31-/m1/s1. The lowest BCUT2D eigenvalue weighted by Gasteiger charge is -2.42. The largest absolute Gasteiger partial charge is 0.460 e. The molecule has 3 aliphatic heterocycles. The smallest absolute Gasteiger partial charge is 0.312 e. The molecule has 0 aromatic heterocycles. The lowest BCUT2D eigenvalue weighted by molar-refractivity contribution is -0.159. The molecule has 41 heavy (non-hydrogen) atoms. The van der Waals surface area contributed by atoms with Crippen molar-refractivity contribution in [2.24, 2.45) is 11.8 Å². The highest BCUT2D eigenvalue weighted by atomic mass is 16.6. The molecule has 3 amide bonds. The van der Waals surface area contributed by atoms with Crippen LogP contribution in [0.25, 0.3) is 0 Å². The first-order valence-corrected chi connectivity index (χ1v) is 15.0. The quantitative estimate of drug-likeness (QED) is 0.165. The Bertz CT molecular complexity index is 993. The summed E-state index contributed by atoms with van der Waals surface area (Å²) in [5.41, 5.74) is -1.61. The van der Waals surface area contributed by atoms with E-state index < -0.39 is 47.2 Å². The molecule has 3 rings (SSSR count). The summed E-state index contributed by atoms with van der Waals surface area (Å²) < 4.78 is 12.2. The molecule has 10 heteroatoms. The summed E-state index contributed by atoms with van der Waals surface area (Å²) in [4.78, 5) is 57.2. The van der Waals surface area contributed by atoms with Crippen molar-refractivity contribution in [1.82, 2.24) is 15.1 Å². The summed E-state index contributed by atoms with van der Waals surface area (Å²) in [6.45, 7) is 16.0. The number of aliphatic hydroxyl groups is 1. The van der Waals surface area contributed by atoms with Gasteiger partial charge in [-0.1, -0.05) is 25.0 Å². The van der Waals surface area contributed by atoms with E-state index in [2.05, 4.69) is 18.5 Å². The zero-order valence-electron chi connectivity index (χ0n) is 25.2. The number of aliphatic hydroxyl groups excluding tert-OH is 1. The Morgan fingerprint density at radius 1 is 1.22 bits per heavy atom. The van der Waals surface area contributed by atoms with Crippen molar-refractivity contribution < 1.29 is 33.8 Å². The lowest BCUT2D eigenvalue weighted by Crippen LogP contribution is -2.59. The topological polar surface area (TPSA) is 125 Å². The SMILES string of the molecule is C=CCCC(=O)NC[C@@H](C)OC(=O)[C@@H]1[C@@H]2CC[C@]3(O2)[C@H](C(=O)N(CC=C)C(C)(C)C)N(CCCCCCO)C(=O)[C@@H]13. The number of likely N-dealkylation sites (tertiary alicyclic amines) is 1. The second kappa shape index (κ2) is 14.0. The third-order valence-electron chi connectivity index (χ3n) is 8.48. The molecule has 0 aromatic carbocycles. The zero-order valence-corrected chi connectivity index (χ0v) is 25.2. The van der Waals surface area contributed by atoms with Gasteiger partial charge in [0.2, 0.25) is 17.7 Å². The number of nitrogens with zero attached hydrogens (tertiary/aromatic N) is 2. The minimum atomic E-state index is -1.10. The number of carbonyl (C=O) groups is 4. The van der Waals surface area contributed by atoms with Crippen LogP contribution in [0.4, 0.5) is 0 Å². The van der Waals surface area contributed by atoms with Crippen LogP contribution in [0, 0.1) is 11.8 Å². The highest BCUT2D eigenvalue weighted by Crippen LogP contribution is 2.59. The molecule has 3 heterocycles. The van der Waals surface area contributed by atoms with Crippen molar-refractivity contribution in [3.8, 4) is 0 Å². The second-order valence-corrected chi connectivity index (χ2v) is 12.5. The molecule has 0 aliphatic carbocycles. The molecular formula is C31H49N3O7. The molecule has 10 nitrogen and oxygen atoms in total. The highest BCUT2D eigenvalue weighted by Gasteiger charge is 2.75. The Hall–Kier alpha value is -2.72. The Kier molecular flexibility index (Phi) is 11.2. The number of amides is 3. The van der Waals surface area contributed by atoms with Crippen LogP contribution in [-0.4, -0.2) is 94.2 Å². The molecule has 3 fully saturated rings. The maximum absolute atomic E-state index is 14.3. The maximum Gasteiger partial charge on any atom is 0.312 e. The van der Waals surface area contributed by atoms with Crippen LogP contribution in [0.15, 0.2) is 25.3 Å². The number of esters is 1. The summed E-state index contributed by atoms with van der Waals surface area (Å²) in [7, 11) is 0. The Balaban J connectivity index is 1.84. The van der Waals surface area contributed by atoms with Gasteiger partial charge in [-0.05, 0) is 59.8 Å². The fraction of sp³-hybridized carbons (Fsp3) is 0.742. The average Bonchev–Trinajstić information content (AvgIpc) is 3.55. The van der Waals surface area contributed by atoms with Crippen LogP contribution in [-0.2, 0) is 28.7 Å². The molecule has 0 unspecified atom stereocenters. The van der Waals surface area contributed by atoms with E-state index in [1.165, 1.54) is 0 Å². The number of unbranched alkanes of at least 4 members (excludes halogenated alkanes) is 3. The van der Waals surface area contributed by atoms with Gasteiger partial charge in [0, 0.05) is 31.7 Å². The van der Waals surface area contributed by atoms with Crippen molar-refractivity contribution in [2.45, 2.75) is 108 Å². The predicted octanol–water partition coefficient (Wildman–Crippen LogP) is 2.74. The molecule has 3 saturated heterocycles. The molecule has 0 saturated carbocycles. The summed E-state index contributed by atoms with van der Waals surface area (Å²) in [6, 6.07) is -0.846. The van der Waals surface area contributed by atoms with Gasteiger partial charge in [-0.3, -0.25) is 19.2 Å². The van der Waals surface area contributed by atoms with Crippen LogP contribution in [0.2, 0.25) is 0 Å². The van der Waals surface area contributed by atoms with E-state index in [1.807, 2.05) is 20.8 Å². The predicted molar refractivity (Wildman–Crippen MR) is 155 cm³/mol. The number of hydrogen-bond acceptors (Lipinski definition) is 7. The van der Waals surface area contributed by atoms with Crippen LogP contribution in [0.3, 0.4) is 0 Å². The zero-order chi connectivity index (χ0) is 30.4. The molecule has 1 spiro atoms. The van der Waals surface area contributed by atoms with Gasteiger partial charge in [0.25, 0.3) is 0 Å². The van der Waals surface area contributed by atoms with Crippen molar-refractivity contribution in [2.75, 3.05) is 26.2 Å². The van der Waals surface area contributed by atoms with Gasteiger partial charge in [0.15, 0.2) is 0 Å². The first-order chi connectivity index (χ1) is 19.4. The summed E-state index contributed by atoms with van der Waals surface area (Å²) in [5, 5.41) is 11.9. The first-order valence-electron chi connectivity index (χ1n) is 15.0. The Morgan fingerprint density at radius 2 is 1.93 bits per heavy atom. The highest BCUT2D eigenvalue weighted by molar-refractivity contribution is 5.98. The number of hydrogen-bond donors (Lipinski definition) is 2. The number of allylic oxidation sites excluding steroid dienone is 1. The van der Waals surface area contributed by atoms with Gasteiger partial charge >= 0.3 is 5.97 Å². The molecule has 2 N–H and O–H groups in total. The van der Waals surface area contributed by atoms with Gasteiger partial charge in [-0.15, -0.1) is 13.2 Å². The van der Waals surface area contributed by atoms with Crippen molar-refractivity contribution in [3.63, 3.8) is 0 Å². The second-order valence-electron chi connectivity index (χ2n) is 12.5. The summed E-state index contributed by atoms with van der Waals surface area (Å²) in [5.74, 6) is -2.74. The first kappa shape index (κ1) is 32.8. The van der Waals surface area contributed by atoms with Gasteiger partial charge in [0.05, 0.1) is 24.5 Å². The van der Waals surface area contributed by atoms with Crippen LogP contribution in [0.5, 0.6) is 0 Å². The normalized spacial score (nSPS) is 27.3. The third-order valence-corrected chi connectivity index (χ3v) is 8.48. The Labute approximate surface area is 244 Å². The fourth-order valence-electron chi connectivity index (χ4n) is 6.56. The maximum atomic E-state index is 14.3. The number of rotatable bonds is 16. The lowest BCUT2D eigenvalue weighted by atomic mass is 9.70. The fourth-order valence-corrected chi connectivity index (χ4v) is 6.56. The molecule has 6 atom stereocenters. The summed E-state index contributed by atoms with van der Waals surface area (Å²) in [6.07, 6.45) is 7.19. The van der Waals surface area contributed by atoms with E-state index in [1.54, 1.807) is 28.9 Å². The van der Waals surface area contributed by atoms with E-state index in [0.29, 0.717) is 51.6 Å². The van der Waals surface area contributed by atoms with Crippen LogP contribution in [0.1, 0.15) is 79.1 Å². The van der Waals surface area contributed by atoms with Crippen molar-refractivity contribution in [3.05, 3.63) is 25.3 Å². The van der Waals surface area contributed by atoms with Crippen molar-refractivity contribution >= 4 is 23.7 Å². The van der Waals surface area contributed by atoms with E-state index in [9.17, 15) is 19.2 Å². The number of ether oxygens (including phenoxy) is 2. The van der Waals surface area contributed by atoms with E-state index in [4.69, 9.17) is 14.6 Å². The minimum absolute atomic E-state index is 0.118. The molecule has 0 radical (unpaired) electrons. The van der Waals surface area contributed by atoms with Crippen LogP contribution < -0.4 is 5.32 Å². The van der Waals surface area contributed by atoms with Gasteiger partial charge in [-0.25, -0.2) is 0 Å². The van der Waals surface area contributed by atoms with E-state index in [-0.39, 0.29) is 30.9 Å². The average molecular weight is 576 g/mol. The number of nitrogens with one attached hydrogen (secondary N) is 1. The molecule has 230 valence electrons. The van der Waals surface area contributed by atoms with Crippen molar-refractivity contribution in [1.29, 1.82) is 0 Å². The molecule has 3 aliphatic rings. The summed E-state index contributed by atoms with van der Waals surface area (Å²) >= 11 is 0.